The summed E-state index contributed by atoms with van der Waals surface area (Å²) in [6.45, 7) is 8.32. The molecule has 19 heavy (non-hydrogen) atoms. The highest BCUT2D eigenvalue weighted by Gasteiger charge is 2.23. The summed E-state index contributed by atoms with van der Waals surface area (Å²) in [7, 11) is 0. The van der Waals surface area contributed by atoms with E-state index in [4.69, 9.17) is 4.74 Å². The van der Waals surface area contributed by atoms with Gasteiger partial charge in [0.05, 0.1) is 18.8 Å². The van der Waals surface area contributed by atoms with Crippen LogP contribution < -0.4 is 4.90 Å². The van der Waals surface area contributed by atoms with Crippen molar-refractivity contribution >= 4 is 5.69 Å². The Hall–Kier alpha value is -1.06. The minimum Gasteiger partial charge on any atom is -0.389 e. The van der Waals surface area contributed by atoms with Gasteiger partial charge in [0.2, 0.25) is 0 Å². The number of rotatable bonds is 5. The third kappa shape index (κ3) is 3.71. The molecule has 0 radical (unpaired) electrons. The first kappa shape index (κ1) is 14.4. The first-order valence-electron chi connectivity index (χ1n) is 7.21. The van der Waals surface area contributed by atoms with Gasteiger partial charge < -0.3 is 14.7 Å². The topological polar surface area (TPSA) is 32.7 Å². The second-order valence-corrected chi connectivity index (χ2v) is 5.73. The summed E-state index contributed by atoms with van der Waals surface area (Å²) in [4.78, 5) is 2.28. The molecule has 1 N–H and O–H groups in total. The molecule has 0 saturated heterocycles. The van der Waals surface area contributed by atoms with Crippen molar-refractivity contribution in [1.82, 2.24) is 0 Å². The van der Waals surface area contributed by atoms with Gasteiger partial charge in [-0.05, 0) is 37.8 Å². The van der Waals surface area contributed by atoms with Crippen molar-refractivity contribution in [1.29, 1.82) is 0 Å². The van der Waals surface area contributed by atoms with Gasteiger partial charge >= 0.3 is 0 Å². The Bertz CT molecular complexity index is 405. The van der Waals surface area contributed by atoms with Gasteiger partial charge in [0.15, 0.2) is 0 Å². The van der Waals surface area contributed by atoms with Crippen LogP contribution in [0.4, 0.5) is 5.69 Å². The summed E-state index contributed by atoms with van der Waals surface area (Å²) in [5, 5.41) is 10.1. The molecule has 1 aliphatic heterocycles. The lowest BCUT2D eigenvalue weighted by Gasteiger charge is -2.35. The lowest BCUT2D eigenvalue weighted by atomic mass is 9.91. The molecule has 2 unspecified atom stereocenters. The number of aliphatic hydroxyl groups is 1. The quantitative estimate of drug-likeness (QED) is 0.886. The van der Waals surface area contributed by atoms with Gasteiger partial charge in [-0.2, -0.15) is 0 Å². The molecule has 0 fully saturated rings. The molecule has 1 heterocycles. The van der Waals surface area contributed by atoms with Crippen LogP contribution in [0.2, 0.25) is 0 Å². The van der Waals surface area contributed by atoms with Crippen molar-refractivity contribution in [2.24, 2.45) is 0 Å². The van der Waals surface area contributed by atoms with Gasteiger partial charge in [-0.15, -0.1) is 0 Å². The van der Waals surface area contributed by atoms with E-state index < -0.39 is 6.10 Å². The minimum absolute atomic E-state index is 0.170. The van der Waals surface area contributed by atoms with Crippen molar-refractivity contribution in [2.75, 3.05) is 24.6 Å². The Morgan fingerprint density at radius 3 is 2.84 bits per heavy atom. The maximum absolute atomic E-state index is 10.1. The average Bonchev–Trinajstić information content (AvgIpc) is 2.40. The largest absolute Gasteiger partial charge is 0.389 e. The van der Waals surface area contributed by atoms with E-state index in [0.717, 1.165) is 13.0 Å². The Kier molecular flexibility index (Phi) is 4.83. The fourth-order valence-corrected chi connectivity index (χ4v) is 2.62. The number of nitrogens with zero attached hydrogens (tertiary/aromatic N) is 1. The van der Waals surface area contributed by atoms with Crippen LogP contribution in [0.15, 0.2) is 24.3 Å². The Morgan fingerprint density at radius 2 is 2.11 bits per heavy atom. The van der Waals surface area contributed by atoms with Crippen molar-refractivity contribution in [3.8, 4) is 0 Å². The van der Waals surface area contributed by atoms with E-state index in [-0.39, 0.29) is 6.10 Å². The van der Waals surface area contributed by atoms with E-state index in [2.05, 4.69) is 36.1 Å². The lowest BCUT2D eigenvalue weighted by Crippen LogP contribution is -2.39. The average molecular weight is 263 g/mol. The summed E-state index contributed by atoms with van der Waals surface area (Å²) in [5.41, 5.74) is 2.66. The smallest absolute Gasteiger partial charge is 0.0948 e. The molecule has 3 heteroatoms. The Balaban J connectivity index is 2.00. The predicted molar refractivity (Wildman–Crippen MR) is 78.8 cm³/mol. The minimum atomic E-state index is -0.427. The molecular formula is C16H25NO2. The maximum atomic E-state index is 10.1. The zero-order valence-corrected chi connectivity index (χ0v) is 12.2. The number of fused-ring (bicyclic) bond motifs is 1. The number of para-hydroxylation sites is 1. The predicted octanol–water partition coefficient (Wildman–Crippen LogP) is 2.79. The van der Waals surface area contributed by atoms with Crippen molar-refractivity contribution < 1.29 is 9.84 Å². The molecule has 1 aliphatic rings. The summed E-state index contributed by atoms with van der Waals surface area (Å²) in [6.07, 6.45) is 0.890. The monoisotopic (exact) mass is 263 g/mol. The molecule has 2 atom stereocenters. The summed E-state index contributed by atoms with van der Waals surface area (Å²) < 4.78 is 5.48. The van der Waals surface area contributed by atoms with Gasteiger partial charge in [-0.3, -0.25) is 0 Å². The van der Waals surface area contributed by atoms with Crippen LogP contribution in [0.3, 0.4) is 0 Å². The number of aliphatic hydroxyl groups excluding tert-OH is 1. The van der Waals surface area contributed by atoms with Gasteiger partial charge in [0.25, 0.3) is 0 Å². The normalized spacial score (nSPS) is 20.5. The molecule has 0 aliphatic carbocycles. The fraction of sp³-hybridized carbons (Fsp3) is 0.625. The second kappa shape index (κ2) is 6.40. The summed E-state index contributed by atoms with van der Waals surface area (Å²) in [6, 6.07) is 8.52. The fourth-order valence-electron chi connectivity index (χ4n) is 2.62. The van der Waals surface area contributed by atoms with Crippen LogP contribution in [-0.2, 0) is 4.74 Å². The van der Waals surface area contributed by atoms with E-state index in [1.165, 1.54) is 11.3 Å². The zero-order chi connectivity index (χ0) is 13.8. The number of hydrogen-bond acceptors (Lipinski definition) is 3. The van der Waals surface area contributed by atoms with Crippen LogP contribution in [0.1, 0.15) is 38.7 Å². The van der Waals surface area contributed by atoms with E-state index >= 15 is 0 Å². The highest BCUT2D eigenvalue weighted by molar-refractivity contribution is 5.57. The molecule has 3 nitrogen and oxygen atoms in total. The van der Waals surface area contributed by atoms with Gasteiger partial charge in [-0.1, -0.05) is 25.1 Å². The molecule has 0 aromatic heterocycles. The van der Waals surface area contributed by atoms with Crippen molar-refractivity contribution in [3.63, 3.8) is 0 Å². The molecule has 0 amide bonds. The van der Waals surface area contributed by atoms with Gasteiger partial charge in [-0.25, -0.2) is 0 Å². The van der Waals surface area contributed by atoms with Gasteiger partial charge in [0, 0.05) is 18.8 Å². The molecule has 0 spiro atoms. The standard InChI is InChI=1S/C16H25NO2/c1-12(2)19-11-14(18)10-17-9-8-13(3)15-6-4-5-7-16(15)17/h4-7,12-14,18H,8-11H2,1-3H3. The van der Waals surface area contributed by atoms with E-state index in [9.17, 15) is 5.11 Å². The number of ether oxygens (including phenoxy) is 1. The SMILES string of the molecule is CC(C)OCC(O)CN1CCC(C)c2ccccc21. The van der Waals surface area contributed by atoms with Gasteiger partial charge in [0.1, 0.15) is 0 Å². The number of benzene rings is 1. The van der Waals surface area contributed by atoms with Crippen LogP contribution in [0, 0.1) is 0 Å². The number of hydrogen-bond donors (Lipinski definition) is 1. The van der Waals surface area contributed by atoms with Crippen LogP contribution in [0.25, 0.3) is 0 Å². The van der Waals surface area contributed by atoms with Crippen molar-refractivity contribution in [3.05, 3.63) is 29.8 Å². The van der Waals surface area contributed by atoms with Crippen molar-refractivity contribution in [2.45, 2.75) is 45.3 Å². The summed E-state index contributed by atoms with van der Waals surface area (Å²) in [5.74, 6) is 0.608. The molecule has 1 aromatic carbocycles. The van der Waals surface area contributed by atoms with E-state index in [1.807, 2.05) is 13.8 Å². The van der Waals surface area contributed by atoms with E-state index in [1.54, 1.807) is 0 Å². The molecule has 0 bridgehead atoms. The lowest BCUT2D eigenvalue weighted by molar-refractivity contribution is 0.00876. The van der Waals surface area contributed by atoms with Crippen LogP contribution in [-0.4, -0.2) is 37.0 Å². The Labute approximate surface area is 116 Å². The highest BCUT2D eigenvalue weighted by atomic mass is 16.5. The summed E-state index contributed by atoms with van der Waals surface area (Å²) >= 11 is 0. The number of anilines is 1. The Morgan fingerprint density at radius 1 is 1.37 bits per heavy atom. The first-order valence-corrected chi connectivity index (χ1v) is 7.21. The maximum Gasteiger partial charge on any atom is 0.0948 e. The van der Waals surface area contributed by atoms with Crippen LogP contribution >= 0.6 is 0 Å². The zero-order valence-electron chi connectivity index (χ0n) is 12.2. The van der Waals surface area contributed by atoms with Crippen LogP contribution in [0.5, 0.6) is 0 Å². The molecule has 0 saturated carbocycles. The number of β-amino-alcohol motifs (C(OH)–C–C–N with tert-alkyl or cyclic N) is 1. The highest BCUT2D eigenvalue weighted by Crippen LogP contribution is 2.34. The van der Waals surface area contributed by atoms with E-state index in [0.29, 0.717) is 19.1 Å². The molecule has 1 aromatic rings. The third-order valence-electron chi connectivity index (χ3n) is 3.69. The first-order chi connectivity index (χ1) is 9.08. The second-order valence-electron chi connectivity index (χ2n) is 5.73. The molecule has 106 valence electrons. The molecule has 2 rings (SSSR count). The molecular weight excluding hydrogens is 238 g/mol. The third-order valence-corrected chi connectivity index (χ3v) is 3.69.